The van der Waals surface area contributed by atoms with Crippen LogP contribution in [0.25, 0.3) is 0 Å². The van der Waals surface area contributed by atoms with Gasteiger partial charge in [-0.2, -0.15) is 5.10 Å². The molecule has 0 radical (unpaired) electrons. The zero-order valence-electron chi connectivity index (χ0n) is 17.4. The average Bonchev–Trinajstić information content (AvgIpc) is 2.81. The van der Waals surface area contributed by atoms with Gasteiger partial charge in [0.05, 0.1) is 12.2 Å². The molecule has 7 nitrogen and oxygen atoms in total. The minimum Gasteiger partial charge on any atom is -0.357 e. The first kappa shape index (κ1) is 22.0. The van der Waals surface area contributed by atoms with Gasteiger partial charge in [0.15, 0.2) is 5.96 Å². The van der Waals surface area contributed by atoms with Gasteiger partial charge < -0.3 is 16.0 Å². The minimum atomic E-state index is 0.0496. The fraction of sp³-hybridized carbons (Fsp3) is 0.737. The largest absolute Gasteiger partial charge is 0.357 e. The van der Waals surface area contributed by atoms with Gasteiger partial charge in [0, 0.05) is 37.8 Å². The number of carbonyl (C=O) groups is 1. The average molecular weight is 365 g/mol. The highest BCUT2D eigenvalue weighted by atomic mass is 16.1. The summed E-state index contributed by atoms with van der Waals surface area (Å²) >= 11 is 0. The van der Waals surface area contributed by atoms with Gasteiger partial charge >= 0.3 is 0 Å². The molecule has 1 aromatic heterocycles. The molecule has 0 saturated heterocycles. The smallest absolute Gasteiger partial charge is 0.222 e. The molecule has 0 aliphatic rings. The van der Waals surface area contributed by atoms with E-state index in [-0.39, 0.29) is 18.0 Å². The first-order valence-corrected chi connectivity index (χ1v) is 9.61. The lowest BCUT2D eigenvalue weighted by Gasteiger charge is -2.18. The number of guanidine groups is 1. The Hall–Kier alpha value is -2.05. The summed E-state index contributed by atoms with van der Waals surface area (Å²) in [6, 6.07) is 0.423. The molecule has 1 rings (SSSR count). The van der Waals surface area contributed by atoms with E-state index < -0.39 is 0 Å². The predicted octanol–water partition coefficient (Wildman–Crippen LogP) is 1.83. The zero-order chi connectivity index (χ0) is 19.7. The second kappa shape index (κ2) is 10.8. The molecule has 0 saturated carbocycles. The predicted molar refractivity (Wildman–Crippen MR) is 107 cm³/mol. The van der Waals surface area contributed by atoms with Crippen molar-refractivity contribution in [1.82, 2.24) is 25.7 Å². The van der Waals surface area contributed by atoms with Gasteiger partial charge in [-0.3, -0.25) is 14.5 Å². The van der Waals surface area contributed by atoms with Crippen LogP contribution in [0.4, 0.5) is 0 Å². The highest BCUT2D eigenvalue weighted by Gasteiger charge is 2.14. The van der Waals surface area contributed by atoms with Gasteiger partial charge in [0.1, 0.15) is 0 Å². The molecule has 1 aromatic rings. The molecule has 1 amide bonds. The zero-order valence-corrected chi connectivity index (χ0v) is 17.4. The topological polar surface area (TPSA) is 83.3 Å². The molecule has 1 heterocycles. The van der Waals surface area contributed by atoms with E-state index in [0.29, 0.717) is 13.0 Å². The monoisotopic (exact) mass is 364 g/mol. The molecule has 3 N–H and O–H groups in total. The van der Waals surface area contributed by atoms with Crippen molar-refractivity contribution in [2.45, 2.75) is 72.9 Å². The summed E-state index contributed by atoms with van der Waals surface area (Å²) in [6.45, 7) is 13.6. The van der Waals surface area contributed by atoms with Crippen molar-refractivity contribution in [3.8, 4) is 0 Å². The number of nitrogens with one attached hydrogen (secondary N) is 3. The van der Waals surface area contributed by atoms with E-state index in [4.69, 9.17) is 0 Å². The minimum absolute atomic E-state index is 0.0496. The second-order valence-corrected chi connectivity index (χ2v) is 6.91. The SMILES string of the molecule is CCNC(=NCCC(=O)NC(C)CC)NC(C)Cc1c(C)nn(C)c1C. The maximum absolute atomic E-state index is 11.9. The quantitative estimate of drug-likeness (QED) is 0.461. The second-order valence-electron chi connectivity index (χ2n) is 6.91. The Morgan fingerprint density at radius 3 is 2.42 bits per heavy atom. The first-order chi connectivity index (χ1) is 12.3. The third kappa shape index (κ3) is 7.06. The van der Waals surface area contributed by atoms with Crippen LogP contribution in [-0.2, 0) is 18.3 Å². The van der Waals surface area contributed by atoms with Gasteiger partial charge in [-0.25, -0.2) is 0 Å². The Bertz CT molecular complexity index is 607. The fourth-order valence-electron chi connectivity index (χ4n) is 2.74. The van der Waals surface area contributed by atoms with Crippen molar-refractivity contribution in [2.24, 2.45) is 12.0 Å². The van der Waals surface area contributed by atoms with Crippen molar-refractivity contribution in [1.29, 1.82) is 0 Å². The van der Waals surface area contributed by atoms with Gasteiger partial charge in [0.25, 0.3) is 0 Å². The number of rotatable bonds is 9. The molecule has 2 atom stereocenters. The molecular weight excluding hydrogens is 328 g/mol. The number of amides is 1. The molecule has 0 fully saturated rings. The maximum atomic E-state index is 11.9. The van der Waals surface area contributed by atoms with E-state index in [1.807, 2.05) is 32.5 Å². The van der Waals surface area contributed by atoms with E-state index in [9.17, 15) is 4.79 Å². The Labute approximate surface area is 158 Å². The Kier molecular flexibility index (Phi) is 9.16. The van der Waals surface area contributed by atoms with Gasteiger partial charge in [0.2, 0.25) is 5.91 Å². The molecule has 0 spiro atoms. The molecule has 148 valence electrons. The van der Waals surface area contributed by atoms with E-state index in [2.05, 4.69) is 46.8 Å². The molecular formula is C19H36N6O. The van der Waals surface area contributed by atoms with E-state index in [1.165, 1.54) is 11.3 Å². The number of hydrogen-bond acceptors (Lipinski definition) is 3. The molecule has 0 aliphatic carbocycles. The van der Waals surface area contributed by atoms with Gasteiger partial charge in [-0.1, -0.05) is 6.92 Å². The Balaban J connectivity index is 2.59. The highest BCUT2D eigenvalue weighted by Crippen LogP contribution is 2.14. The summed E-state index contributed by atoms with van der Waals surface area (Å²) < 4.78 is 1.92. The number of aromatic nitrogens is 2. The van der Waals surface area contributed by atoms with Crippen LogP contribution < -0.4 is 16.0 Å². The summed E-state index contributed by atoms with van der Waals surface area (Å²) in [7, 11) is 1.97. The number of nitrogens with zero attached hydrogens (tertiary/aromatic N) is 3. The van der Waals surface area contributed by atoms with Crippen LogP contribution in [0.5, 0.6) is 0 Å². The maximum Gasteiger partial charge on any atom is 0.222 e. The lowest BCUT2D eigenvalue weighted by atomic mass is 10.1. The van der Waals surface area contributed by atoms with Crippen molar-refractivity contribution in [3.05, 3.63) is 17.0 Å². The van der Waals surface area contributed by atoms with Crippen molar-refractivity contribution >= 4 is 11.9 Å². The van der Waals surface area contributed by atoms with Crippen LogP contribution in [0.15, 0.2) is 4.99 Å². The highest BCUT2D eigenvalue weighted by molar-refractivity contribution is 5.81. The van der Waals surface area contributed by atoms with Crippen LogP contribution in [0.3, 0.4) is 0 Å². The number of aryl methyl sites for hydroxylation is 2. The van der Waals surface area contributed by atoms with Gasteiger partial charge in [-0.15, -0.1) is 0 Å². The lowest BCUT2D eigenvalue weighted by molar-refractivity contribution is -0.121. The van der Waals surface area contributed by atoms with Crippen LogP contribution in [0, 0.1) is 13.8 Å². The summed E-state index contributed by atoms with van der Waals surface area (Å²) in [5.41, 5.74) is 3.54. The van der Waals surface area contributed by atoms with Crippen molar-refractivity contribution in [3.63, 3.8) is 0 Å². The van der Waals surface area contributed by atoms with E-state index >= 15 is 0 Å². The molecule has 0 aromatic carbocycles. The Morgan fingerprint density at radius 1 is 1.19 bits per heavy atom. The molecule has 0 bridgehead atoms. The molecule has 26 heavy (non-hydrogen) atoms. The third-order valence-corrected chi connectivity index (χ3v) is 4.53. The Morgan fingerprint density at radius 2 is 1.88 bits per heavy atom. The van der Waals surface area contributed by atoms with E-state index in [1.54, 1.807) is 0 Å². The summed E-state index contributed by atoms with van der Waals surface area (Å²) in [6.07, 6.45) is 2.21. The van der Waals surface area contributed by atoms with Crippen LogP contribution in [-0.4, -0.2) is 46.8 Å². The summed E-state index contributed by atoms with van der Waals surface area (Å²) in [5, 5.41) is 14.1. The summed E-state index contributed by atoms with van der Waals surface area (Å²) in [4.78, 5) is 16.4. The van der Waals surface area contributed by atoms with Crippen LogP contribution in [0.2, 0.25) is 0 Å². The van der Waals surface area contributed by atoms with Crippen molar-refractivity contribution in [2.75, 3.05) is 13.1 Å². The normalized spacial score (nSPS) is 14.0. The number of carbonyl (C=O) groups excluding carboxylic acids is 1. The fourth-order valence-corrected chi connectivity index (χ4v) is 2.74. The molecule has 7 heteroatoms. The lowest BCUT2D eigenvalue weighted by Crippen LogP contribution is -2.43. The molecule has 0 aliphatic heterocycles. The van der Waals surface area contributed by atoms with E-state index in [0.717, 1.165) is 31.0 Å². The van der Waals surface area contributed by atoms with Crippen LogP contribution in [0.1, 0.15) is 57.5 Å². The van der Waals surface area contributed by atoms with Crippen LogP contribution >= 0.6 is 0 Å². The van der Waals surface area contributed by atoms with Gasteiger partial charge in [-0.05, 0) is 53.0 Å². The summed E-state index contributed by atoms with van der Waals surface area (Å²) in [5.74, 6) is 0.796. The third-order valence-electron chi connectivity index (χ3n) is 4.53. The first-order valence-electron chi connectivity index (χ1n) is 9.61. The standard InChI is InChI=1S/C19H36N6O/c1-8-13(3)22-18(26)10-11-21-19(20-9-2)23-14(4)12-17-15(5)24-25(7)16(17)6/h13-14H,8-12H2,1-7H3,(H,22,26)(H2,20,21,23). The molecule has 2 unspecified atom stereocenters. The van der Waals surface area contributed by atoms with Crippen molar-refractivity contribution < 1.29 is 4.79 Å². The number of hydrogen-bond donors (Lipinski definition) is 3. The number of aliphatic imine (C=N–C) groups is 1.